The molecule has 1 saturated carbocycles. The number of Topliss-reactive ketones (excluding diaryl/α,β-unsaturated/α-hetero) is 1. The van der Waals surface area contributed by atoms with Crippen molar-refractivity contribution in [2.45, 2.75) is 38.1 Å². The second-order valence-electron chi connectivity index (χ2n) is 5.87. The highest BCUT2D eigenvalue weighted by atomic mass is 16.3. The van der Waals surface area contributed by atoms with Gasteiger partial charge in [-0.1, -0.05) is 0 Å². The lowest BCUT2D eigenvalue weighted by molar-refractivity contribution is -0.104. The van der Waals surface area contributed by atoms with Gasteiger partial charge >= 0.3 is 0 Å². The minimum Gasteiger partial charge on any atom is -0.508 e. The number of benzene rings is 1. The van der Waals surface area contributed by atoms with Gasteiger partial charge in [-0.05, 0) is 37.5 Å². The fraction of sp³-hybridized carbons (Fsp3) is 0.533. The Morgan fingerprint density at radius 2 is 1.85 bits per heavy atom. The van der Waals surface area contributed by atoms with Crippen LogP contribution in [0.3, 0.4) is 0 Å². The molecule has 0 spiro atoms. The number of carbonyl (C=O) groups is 1. The molecule has 1 aromatic carbocycles. The van der Waals surface area contributed by atoms with Crippen LogP contribution in [0.1, 0.15) is 40.4 Å². The van der Waals surface area contributed by atoms with Crippen molar-refractivity contribution >= 4 is 5.78 Å². The lowest BCUT2D eigenvalue weighted by atomic mass is 9.64. The first kappa shape index (κ1) is 13.5. The van der Waals surface area contributed by atoms with E-state index in [0.29, 0.717) is 18.4 Å². The molecule has 0 unspecified atom stereocenters. The zero-order chi connectivity index (χ0) is 14.6. The van der Waals surface area contributed by atoms with Crippen LogP contribution in [-0.4, -0.2) is 38.4 Å². The summed E-state index contributed by atoms with van der Waals surface area (Å²) in [6, 6.07) is 3.15. The third-order valence-electron chi connectivity index (χ3n) is 4.59. The number of phenols is 1. The van der Waals surface area contributed by atoms with Gasteiger partial charge in [0, 0.05) is 23.0 Å². The number of aryl methyl sites for hydroxylation is 1. The van der Waals surface area contributed by atoms with Gasteiger partial charge in [0.05, 0.1) is 18.3 Å². The van der Waals surface area contributed by atoms with Gasteiger partial charge in [-0.2, -0.15) is 0 Å². The van der Waals surface area contributed by atoms with E-state index in [1.807, 2.05) is 0 Å². The minimum absolute atomic E-state index is 0.133. The van der Waals surface area contributed by atoms with Crippen LogP contribution in [0.5, 0.6) is 5.75 Å². The maximum atomic E-state index is 12.5. The molecule has 0 heterocycles. The lowest BCUT2D eigenvalue weighted by Gasteiger charge is -2.43. The zero-order valence-corrected chi connectivity index (χ0v) is 11.2. The summed E-state index contributed by atoms with van der Waals surface area (Å²) in [5.74, 6) is -1.56. The summed E-state index contributed by atoms with van der Waals surface area (Å²) in [7, 11) is 0. The van der Waals surface area contributed by atoms with Gasteiger partial charge in [0.2, 0.25) is 0 Å². The van der Waals surface area contributed by atoms with Gasteiger partial charge in [-0.15, -0.1) is 0 Å². The molecule has 1 aromatic rings. The molecule has 4 N–H and O–H groups in total. The van der Waals surface area contributed by atoms with Crippen molar-refractivity contribution in [1.82, 2.24) is 0 Å². The Bertz CT molecular complexity index is 568. The summed E-state index contributed by atoms with van der Waals surface area (Å²) >= 11 is 0. The Labute approximate surface area is 116 Å². The van der Waals surface area contributed by atoms with Crippen molar-refractivity contribution in [3.05, 3.63) is 28.8 Å². The normalized spacial score (nSPS) is 36.4. The fourth-order valence-electron chi connectivity index (χ4n) is 3.61. The topological polar surface area (TPSA) is 98.0 Å². The number of hydrogen-bond acceptors (Lipinski definition) is 5. The predicted molar refractivity (Wildman–Crippen MR) is 70.4 cm³/mol. The number of carbonyl (C=O) groups excluding carboxylic acids is 1. The summed E-state index contributed by atoms with van der Waals surface area (Å²) in [6.07, 6.45) is -2.45. The molecule has 0 bridgehead atoms. The van der Waals surface area contributed by atoms with Crippen molar-refractivity contribution in [3.63, 3.8) is 0 Å². The van der Waals surface area contributed by atoms with Crippen LogP contribution in [0.4, 0.5) is 0 Å². The summed E-state index contributed by atoms with van der Waals surface area (Å²) in [4.78, 5) is 12.5. The first-order valence-electron chi connectivity index (χ1n) is 6.83. The minimum atomic E-state index is -1.15. The number of aliphatic hydroxyl groups is 3. The third kappa shape index (κ3) is 1.78. The van der Waals surface area contributed by atoms with Crippen LogP contribution >= 0.6 is 0 Å². The molecule has 0 amide bonds. The highest BCUT2D eigenvalue weighted by Gasteiger charge is 2.50. The summed E-state index contributed by atoms with van der Waals surface area (Å²) in [6.45, 7) is 1.77. The van der Waals surface area contributed by atoms with Crippen LogP contribution in [0, 0.1) is 18.8 Å². The third-order valence-corrected chi connectivity index (χ3v) is 4.59. The Hall–Kier alpha value is -1.43. The second-order valence-corrected chi connectivity index (χ2v) is 5.87. The molecular weight excluding hydrogens is 260 g/mol. The van der Waals surface area contributed by atoms with E-state index in [4.69, 9.17) is 0 Å². The summed E-state index contributed by atoms with van der Waals surface area (Å²) in [5.41, 5.74) is 1.26. The Morgan fingerprint density at radius 1 is 1.15 bits per heavy atom. The molecular formula is C15H18O5. The average molecular weight is 278 g/mol. The van der Waals surface area contributed by atoms with Gasteiger partial charge in [0.15, 0.2) is 5.78 Å². The first-order valence-corrected chi connectivity index (χ1v) is 6.83. The number of fused-ring (bicyclic) bond motifs is 2. The van der Waals surface area contributed by atoms with Crippen molar-refractivity contribution in [2.75, 3.05) is 0 Å². The number of rotatable bonds is 0. The summed E-state index contributed by atoms with van der Waals surface area (Å²) < 4.78 is 0. The smallest absolute Gasteiger partial charge is 0.166 e. The van der Waals surface area contributed by atoms with Crippen LogP contribution in [-0.2, 0) is 0 Å². The highest BCUT2D eigenvalue weighted by molar-refractivity contribution is 6.01. The summed E-state index contributed by atoms with van der Waals surface area (Å²) in [5, 5.41) is 40.3. The van der Waals surface area contributed by atoms with Crippen molar-refractivity contribution in [1.29, 1.82) is 0 Å². The SMILES string of the molecule is Cc1cc(O)c2c(c1)C(=O)[C@@H]1CC[C@@H](O)[C@H](O)[C@@H]1[C@@H]2O. The monoisotopic (exact) mass is 278 g/mol. The molecule has 0 aliphatic heterocycles. The van der Waals surface area contributed by atoms with Crippen LogP contribution in [0.25, 0.3) is 0 Å². The lowest BCUT2D eigenvalue weighted by Crippen LogP contribution is -2.50. The molecule has 0 aromatic heterocycles. The number of aromatic hydroxyl groups is 1. The van der Waals surface area contributed by atoms with Gasteiger partial charge < -0.3 is 20.4 Å². The van der Waals surface area contributed by atoms with Crippen molar-refractivity contribution < 1.29 is 25.2 Å². The van der Waals surface area contributed by atoms with Gasteiger partial charge in [0.25, 0.3) is 0 Å². The average Bonchev–Trinajstić information content (AvgIpc) is 2.38. The molecule has 108 valence electrons. The highest BCUT2D eigenvalue weighted by Crippen LogP contribution is 2.48. The Kier molecular flexibility index (Phi) is 3.08. The van der Waals surface area contributed by atoms with E-state index in [1.165, 1.54) is 6.07 Å². The van der Waals surface area contributed by atoms with E-state index < -0.39 is 30.1 Å². The standard InChI is InChI=1S/C15H18O5/c1-6-4-8-11(10(17)5-6)15(20)12-7(13(8)18)2-3-9(16)14(12)19/h4-5,7,9,12,14-17,19-20H,2-3H2,1H3/t7-,9-,12-,14+,15-/m1/s1. The molecule has 0 saturated heterocycles. The zero-order valence-electron chi connectivity index (χ0n) is 11.2. The van der Waals surface area contributed by atoms with E-state index in [-0.39, 0.29) is 17.1 Å². The molecule has 5 heteroatoms. The molecule has 2 aliphatic carbocycles. The maximum absolute atomic E-state index is 12.5. The number of phenolic OH excluding ortho intramolecular Hbond substituents is 1. The molecule has 0 radical (unpaired) electrons. The number of hydrogen-bond donors (Lipinski definition) is 4. The van der Waals surface area contributed by atoms with Crippen molar-refractivity contribution in [3.8, 4) is 5.75 Å². The molecule has 5 nitrogen and oxygen atoms in total. The molecule has 2 aliphatic rings. The van der Waals surface area contributed by atoms with Crippen LogP contribution in [0.15, 0.2) is 12.1 Å². The van der Waals surface area contributed by atoms with E-state index in [0.717, 1.165) is 5.56 Å². The van der Waals surface area contributed by atoms with Gasteiger partial charge in [-0.25, -0.2) is 0 Å². The fourth-order valence-corrected chi connectivity index (χ4v) is 3.61. The van der Waals surface area contributed by atoms with Crippen LogP contribution in [0.2, 0.25) is 0 Å². The van der Waals surface area contributed by atoms with Gasteiger partial charge in [0.1, 0.15) is 5.75 Å². The van der Waals surface area contributed by atoms with Crippen molar-refractivity contribution in [2.24, 2.45) is 11.8 Å². The largest absolute Gasteiger partial charge is 0.508 e. The van der Waals surface area contributed by atoms with E-state index >= 15 is 0 Å². The number of ketones is 1. The Morgan fingerprint density at radius 3 is 2.55 bits per heavy atom. The molecule has 5 atom stereocenters. The number of aliphatic hydroxyl groups excluding tert-OH is 3. The van der Waals surface area contributed by atoms with Gasteiger partial charge in [-0.3, -0.25) is 4.79 Å². The van der Waals surface area contributed by atoms with E-state index in [9.17, 15) is 25.2 Å². The van der Waals surface area contributed by atoms with Crippen LogP contribution < -0.4 is 0 Å². The maximum Gasteiger partial charge on any atom is 0.166 e. The molecule has 1 fully saturated rings. The second kappa shape index (κ2) is 4.55. The Balaban J connectivity index is 2.15. The molecule has 3 rings (SSSR count). The molecule has 20 heavy (non-hydrogen) atoms. The van der Waals surface area contributed by atoms with E-state index in [1.54, 1.807) is 13.0 Å². The first-order chi connectivity index (χ1) is 9.41. The quantitative estimate of drug-likeness (QED) is 0.559. The predicted octanol–water partition coefficient (Wildman–Crippen LogP) is 0.678. The van der Waals surface area contributed by atoms with E-state index in [2.05, 4.69) is 0 Å².